The molecular weight excluding hydrogens is 152 g/mol. The predicted molar refractivity (Wildman–Crippen MR) is 47.1 cm³/mol. The van der Waals surface area contributed by atoms with Crippen LogP contribution in [0.4, 0.5) is 0 Å². The summed E-state index contributed by atoms with van der Waals surface area (Å²) in [5.41, 5.74) is 0.844. The molecule has 0 atom stereocenters. The molecule has 0 aliphatic heterocycles. The van der Waals surface area contributed by atoms with Crippen LogP contribution in [0.2, 0.25) is 0 Å². The first kappa shape index (κ1) is 7.16. The van der Waals surface area contributed by atoms with Crippen molar-refractivity contribution < 1.29 is 5.11 Å². The quantitative estimate of drug-likeness (QED) is 0.693. The molecule has 0 saturated heterocycles. The van der Waals surface area contributed by atoms with Crippen molar-refractivity contribution in [3.8, 4) is 5.75 Å². The molecule has 12 heavy (non-hydrogen) atoms. The van der Waals surface area contributed by atoms with Gasteiger partial charge in [0, 0.05) is 12.7 Å². The fourth-order valence-electron chi connectivity index (χ4n) is 1.24. The Morgan fingerprint density at radius 2 is 2.33 bits per heavy atom. The van der Waals surface area contributed by atoms with Gasteiger partial charge in [-0.1, -0.05) is 6.07 Å². The van der Waals surface area contributed by atoms with E-state index in [1.54, 1.807) is 12.1 Å². The summed E-state index contributed by atoms with van der Waals surface area (Å²) in [6, 6.07) is 5.36. The molecule has 1 N–H and O–H groups in total. The minimum absolute atomic E-state index is 0.298. The lowest BCUT2D eigenvalue weighted by molar-refractivity contribution is 0.481. The molecule has 0 aliphatic carbocycles. The van der Waals surface area contributed by atoms with E-state index in [0.29, 0.717) is 5.75 Å². The van der Waals surface area contributed by atoms with Gasteiger partial charge in [-0.3, -0.25) is 4.68 Å². The number of phenolic OH excluding ortho intramolecular Hbond substituents is 1. The van der Waals surface area contributed by atoms with Gasteiger partial charge < -0.3 is 5.11 Å². The van der Waals surface area contributed by atoms with E-state index in [4.69, 9.17) is 0 Å². The number of aromatic hydroxyl groups is 1. The number of fused-ring (bicyclic) bond motifs is 1. The van der Waals surface area contributed by atoms with Gasteiger partial charge in [0.2, 0.25) is 0 Å². The fourth-order valence-corrected chi connectivity index (χ4v) is 1.24. The number of aromatic nitrogens is 2. The molecule has 1 aromatic heterocycles. The lowest BCUT2D eigenvalue weighted by Gasteiger charge is -1.89. The molecule has 1 aromatic carbocycles. The van der Waals surface area contributed by atoms with Gasteiger partial charge in [0.05, 0.1) is 10.9 Å². The van der Waals surface area contributed by atoms with E-state index in [1.807, 2.05) is 23.9 Å². The molecule has 0 bridgehead atoms. The number of hydrogen-bond donors (Lipinski definition) is 1. The molecule has 0 fully saturated rings. The van der Waals surface area contributed by atoms with Crippen LogP contribution in [0.15, 0.2) is 24.4 Å². The third-order valence-corrected chi connectivity index (χ3v) is 1.90. The summed E-state index contributed by atoms with van der Waals surface area (Å²) < 4.78 is 1.81. The smallest absolute Gasteiger partial charge is 0.126 e. The number of phenols is 1. The van der Waals surface area contributed by atoms with Crippen molar-refractivity contribution in [2.45, 2.75) is 13.5 Å². The predicted octanol–water partition coefficient (Wildman–Crippen LogP) is 1.76. The average Bonchev–Trinajstić information content (AvgIpc) is 2.49. The highest BCUT2D eigenvalue weighted by Gasteiger charge is 2.02. The van der Waals surface area contributed by atoms with Gasteiger partial charge >= 0.3 is 0 Å². The molecule has 0 unspecified atom stereocenters. The Kier molecular flexibility index (Phi) is 1.50. The SMILES string of the molecule is CCn1cc2c(O)cccc2n1. The van der Waals surface area contributed by atoms with Crippen molar-refractivity contribution >= 4 is 10.9 Å². The number of aryl methyl sites for hydroxylation is 1. The van der Waals surface area contributed by atoms with Crippen LogP contribution >= 0.6 is 0 Å². The van der Waals surface area contributed by atoms with Gasteiger partial charge in [0.1, 0.15) is 5.75 Å². The van der Waals surface area contributed by atoms with Crippen LogP contribution in [0.5, 0.6) is 5.75 Å². The molecule has 0 aliphatic rings. The van der Waals surface area contributed by atoms with E-state index in [2.05, 4.69) is 5.10 Å². The number of benzene rings is 1. The largest absolute Gasteiger partial charge is 0.507 e. The Hall–Kier alpha value is -1.51. The highest BCUT2D eigenvalue weighted by atomic mass is 16.3. The molecule has 1 heterocycles. The minimum Gasteiger partial charge on any atom is -0.507 e. The van der Waals surface area contributed by atoms with E-state index in [1.165, 1.54) is 0 Å². The first-order chi connectivity index (χ1) is 5.81. The van der Waals surface area contributed by atoms with Crippen LogP contribution in [-0.4, -0.2) is 14.9 Å². The molecule has 0 saturated carbocycles. The topological polar surface area (TPSA) is 38.0 Å². The van der Waals surface area contributed by atoms with Gasteiger partial charge in [-0.2, -0.15) is 5.10 Å². The molecule has 3 nitrogen and oxygen atoms in total. The first-order valence-electron chi connectivity index (χ1n) is 3.96. The van der Waals surface area contributed by atoms with Gasteiger partial charge in [-0.05, 0) is 19.1 Å². The fraction of sp³-hybridized carbons (Fsp3) is 0.222. The highest BCUT2D eigenvalue weighted by molar-refractivity contribution is 5.84. The molecule has 2 aromatic rings. The maximum absolute atomic E-state index is 9.43. The van der Waals surface area contributed by atoms with E-state index in [9.17, 15) is 5.11 Å². The Balaban J connectivity index is 2.74. The molecule has 62 valence electrons. The van der Waals surface area contributed by atoms with Crippen molar-refractivity contribution in [3.05, 3.63) is 24.4 Å². The van der Waals surface area contributed by atoms with Crippen LogP contribution in [-0.2, 0) is 6.54 Å². The van der Waals surface area contributed by atoms with Crippen LogP contribution < -0.4 is 0 Å². The van der Waals surface area contributed by atoms with Crippen LogP contribution in [0.25, 0.3) is 10.9 Å². The van der Waals surface area contributed by atoms with E-state index >= 15 is 0 Å². The molecule has 2 rings (SSSR count). The zero-order valence-electron chi connectivity index (χ0n) is 6.86. The summed E-state index contributed by atoms with van der Waals surface area (Å²) in [6.07, 6.45) is 1.85. The summed E-state index contributed by atoms with van der Waals surface area (Å²) in [5, 5.41) is 14.5. The average molecular weight is 162 g/mol. The first-order valence-corrected chi connectivity index (χ1v) is 3.96. The zero-order chi connectivity index (χ0) is 8.55. The Morgan fingerprint density at radius 1 is 1.50 bits per heavy atom. The molecule has 0 amide bonds. The third-order valence-electron chi connectivity index (χ3n) is 1.90. The second kappa shape index (κ2) is 2.52. The molecular formula is C9H10N2O. The van der Waals surface area contributed by atoms with Crippen molar-refractivity contribution in [1.29, 1.82) is 0 Å². The Morgan fingerprint density at radius 3 is 3.00 bits per heavy atom. The summed E-state index contributed by atoms with van der Waals surface area (Å²) in [6.45, 7) is 2.84. The number of rotatable bonds is 1. The van der Waals surface area contributed by atoms with E-state index in [-0.39, 0.29) is 0 Å². The normalized spacial score (nSPS) is 10.8. The lowest BCUT2D eigenvalue weighted by atomic mass is 10.2. The van der Waals surface area contributed by atoms with Crippen molar-refractivity contribution in [2.75, 3.05) is 0 Å². The molecule has 0 spiro atoms. The van der Waals surface area contributed by atoms with Crippen LogP contribution in [0.3, 0.4) is 0 Å². The highest BCUT2D eigenvalue weighted by Crippen LogP contribution is 2.22. The summed E-state index contributed by atoms with van der Waals surface area (Å²) in [5.74, 6) is 0.298. The molecule has 3 heteroatoms. The summed E-state index contributed by atoms with van der Waals surface area (Å²) >= 11 is 0. The van der Waals surface area contributed by atoms with Gasteiger partial charge in [-0.15, -0.1) is 0 Å². The maximum atomic E-state index is 9.43. The number of nitrogens with zero attached hydrogens (tertiary/aromatic N) is 2. The van der Waals surface area contributed by atoms with Gasteiger partial charge in [0.25, 0.3) is 0 Å². The Bertz CT molecular complexity index is 406. The Labute approximate surface area is 70.2 Å². The summed E-state index contributed by atoms with van der Waals surface area (Å²) in [7, 11) is 0. The van der Waals surface area contributed by atoms with Crippen molar-refractivity contribution in [1.82, 2.24) is 9.78 Å². The zero-order valence-corrected chi connectivity index (χ0v) is 6.86. The second-order valence-electron chi connectivity index (χ2n) is 2.69. The van der Waals surface area contributed by atoms with Gasteiger partial charge in [0.15, 0.2) is 0 Å². The van der Waals surface area contributed by atoms with Crippen LogP contribution in [0, 0.1) is 0 Å². The van der Waals surface area contributed by atoms with Crippen molar-refractivity contribution in [2.24, 2.45) is 0 Å². The van der Waals surface area contributed by atoms with E-state index < -0.39 is 0 Å². The second-order valence-corrected chi connectivity index (χ2v) is 2.69. The van der Waals surface area contributed by atoms with Crippen LogP contribution in [0.1, 0.15) is 6.92 Å². The summed E-state index contributed by atoms with van der Waals surface area (Å²) in [4.78, 5) is 0. The standard InChI is InChI=1S/C9H10N2O/c1-2-11-6-7-8(10-11)4-3-5-9(7)12/h3-6,12H,2H2,1H3. The lowest BCUT2D eigenvalue weighted by Crippen LogP contribution is -1.92. The monoisotopic (exact) mass is 162 g/mol. The minimum atomic E-state index is 0.298. The molecule has 0 radical (unpaired) electrons. The van der Waals surface area contributed by atoms with E-state index in [0.717, 1.165) is 17.4 Å². The van der Waals surface area contributed by atoms with Gasteiger partial charge in [-0.25, -0.2) is 0 Å². The van der Waals surface area contributed by atoms with Crippen molar-refractivity contribution in [3.63, 3.8) is 0 Å². The third kappa shape index (κ3) is 0.942. The maximum Gasteiger partial charge on any atom is 0.126 e. The number of hydrogen-bond acceptors (Lipinski definition) is 2.